The molecular weight excluding hydrogens is 335 g/mol. The molecule has 128 valence electrons. The minimum Gasteiger partial charge on any atom is -0.339 e. The van der Waals surface area contributed by atoms with Gasteiger partial charge in [-0.2, -0.15) is 11.8 Å². The van der Waals surface area contributed by atoms with E-state index >= 15 is 0 Å². The predicted octanol–water partition coefficient (Wildman–Crippen LogP) is 3.18. The number of hydrogen-bond donors (Lipinski definition) is 1. The first kappa shape index (κ1) is 18.6. The molecule has 0 unspecified atom stereocenters. The summed E-state index contributed by atoms with van der Waals surface area (Å²) in [7, 11) is 0. The summed E-state index contributed by atoms with van der Waals surface area (Å²) >= 11 is 1.57. The van der Waals surface area contributed by atoms with Crippen molar-refractivity contribution in [3.05, 3.63) is 35.1 Å². The summed E-state index contributed by atoms with van der Waals surface area (Å²) in [4.78, 5) is 14.7. The van der Waals surface area contributed by atoms with Gasteiger partial charge in [-0.25, -0.2) is 4.39 Å². The third-order valence-corrected chi connectivity index (χ3v) is 5.50. The summed E-state index contributed by atoms with van der Waals surface area (Å²) in [5.41, 5.74) is 1.24. The van der Waals surface area contributed by atoms with E-state index in [4.69, 9.17) is 0 Å². The summed E-state index contributed by atoms with van der Waals surface area (Å²) in [6, 6.07) is 4.77. The second-order valence-corrected chi connectivity index (χ2v) is 7.15. The number of halogens is 2. The molecule has 2 saturated heterocycles. The summed E-state index contributed by atoms with van der Waals surface area (Å²) in [5, 5.41) is 3.45. The Balaban J connectivity index is 0.00000192. The van der Waals surface area contributed by atoms with Crippen LogP contribution >= 0.6 is 24.2 Å². The number of carbonyl (C=O) groups is 1. The maximum Gasteiger partial charge on any atom is 0.253 e. The van der Waals surface area contributed by atoms with E-state index in [-0.39, 0.29) is 24.1 Å². The van der Waals surface area contributed by atoms with Crippen molar-refractivity contribution in [1.29, 1.82) is 0 Å². The number of likely N-dealkylation sites (tertiary alicyclic amines) is 1. The van der Waals surface area contributed by atoms with E-state index < -0.39 is 0 Å². The largest absolute Gasteiger partial charge is 0.339 e. The fraction of sp³-hybridized carbons (Fsp3) is 0.588. The van der Waals surface area contributed by atoms with Crippen LogP contribution in [0, 0.1) is 17.7 Å². The molecule has 0 aromatic heterocycles. The first-order valence-corrected chi connectivity index (χ1v) is 9.35. The van der Waals surface area contributed by atoms with Crippen LogP contribution < -0.4 is 5.32 Å². The number of fused-ring (bicyclic) bond motifs is 1. The Labute approximate surface area is 147 Å². The van der Waals surface area contributed by atoms with E-state index in [1.165, 1.54) is 6.07 Å². The number of carbonyl (C=O) groups excluding carboxylic acids is 1. The highest BCUT2D eigenvalue weighted by molar-refractivity contribution is 7.97. The summed E-state index contributed by atoms with van der Waals surface area (Å²) in [5.74, 6) is 1.84. The molecule has 6 heteroatoms. The second-order valence-electron chi connectivity index (χ2n) is 6.29. The highest BCUT2D eigenvalue weighted by Gasteiger charge is 2.31. The van der Waals surface area contributed by atoms with Gasteiger partial charge in [0.15, 0.2) is 0 Å². The van der Waals surface area contributed by atoms with Crippen molar-refractivity contribution < 1.29 is 9.18 Å². The summed E-state index contributed by atoms with van der Waals surface area (Å²) in [6.45, 7) is 3.80. The SMILES string of the molecule is CSCc1cc(C(=O)N2CC[C@@H]3CNC[C@@H]3CC2)ccc1F.Cl. The van der Waals surface area contributed by atoms with Crippen LogP contribution in [0.5, 0.6) is 0 Å². The predicted molar refractivity (Wildman–Crippen MR) is 95.9 cm³/mol. The minimum atomic E-state index is -0.220. The third kappa shape index (κ3) is 4.20. The Morgan fingerprint density at radius 3 is 2.57 bits per heavy atom. The number of nitrogens with one attached hydrogen (secondary N) is 1. The Bertz CT molecular complexity index is 543. The monoisotopic (exact) mass is 358 g/mol. The van der Waals surface area contributed by atoms with Gasteiger partial charge in [0.05, 0.1) is 0 Å². The molecule has 0 radical (unpaired) electrons. The van der Waals surface area contributed by atoms with Crippen LogP contribution in [0.15, 0.2) is 18.2 Å². The average molecular weight is 359 g/mol. The number of nitrogens with zero attached hydrogens (tertiary/aromatic N) is 1. The standard InChI is InChI=1S/C17H23FN2OS.ClH/c1-22-11-15-8-12(2-3-16(15)18)17(21)20-6-4-13-9-19-10-14(13)5-7-20;/h2-3,8,13-14,19H,4-7,9-11H2,1H3;1H/t13-,14+;. The number of benzene rings is 1. The van der Waals surface area contributed by atoms with Crippen molar-refractivity contribution in [2.75, 3.05) is 32.4 Å². The Morgan fingerprint density at radius 1 is 1.30 bits per heavy atom. The molecule has 3 nitrogen and oxygen atoms in total. The summed E-state index contributed by atoms with van der Waals surface area (Å²) < 4.78 is 13.7. The van der Waals surface area contributed by atoms with Crippen LogP contribution in [0.3, 0.4) is 0 Å². The molecular formula is C17H24ClFN2OS. The molecule has 0 aliphatic carbocycles. The van der Waals surface area contributed by atoms with Gasteiger partial charge in [0.1, 0.15) is 5.82 Å². The maximum atomic E-state index is 13.7. The fourth-order valence-electron chi connectivity index (χ4n) is 3.58. The number of rotatable bonds is 3. The molecule has 0 bridgehead atoms. The van der Waals surface area contributed by atoms with Gasteiger partial charge in [0, 0.05) is 24.4 Å². The third-order valence-electron chi connectivity index (χ3n) is 4.90. The van der Waals surface area contributed by atoms with E-state index in [0.717, 1.165) is 39.0 Å². The van der Waals surface area contributed by atoms with E-state index in [0.29, 0.717) is 28.7 Å². The van der Waals surface area contributed by atoms with Gasteiger partial charge in [0.25, 0.3) is 5.91 Å². The number of amides is 1. The molecule has 1 aromatic carbocycles. The Hall–Kier alpha value is -0.780. The van der Waals surface area contributed by atoms with Crippen molar-refractivity contribution >= 4 is 30.1 Å². The van der Waals surface area contributed by atoms with E-state index in [9.17, 15) is 9.18 Å². The molecule has 0 spiro atoms. The number of hydrogen-bond acceptors (Lipinski definition) is 3. The molecule has 23 heavy (non-hydrogen) atoms. The lowest BCUT2D eigenvalue weighted by Crippen LogP contribution is -2.32. The molecule has 2 fully saturated rings. The van der Waals surface area contributed by atoms with Crippen molar-refractivity contribution in [1.82, 2.24) is 10.2 Å². The quantitative estimate of drug-likeness (QED) is 0.900. The molecule has 1 aromatic rings. The molecule has 1 amide bonds. The molecule has 3 rings (SSSR count). The first-order chi connectivity index (χ1) is 10.7. The molecule has 2 heterocycles. The van der Waals surface area contributed by atoms with Crippen LogP contribution in [0.2, 0.25) is 0 Å². The van der Waals surface area contributed by atoms with Crippen LogP contribution in [0.25, 0.3) is 0 Å². The van der Waals surface area contributed by atoms with Crippen molar-refractivity contribution in [3.63, 3.8) is 0 Å². The van der Waals surface area contributed by atoms with Gasteiger partial charge < -0.3 is 10.2 Å². The fourth-order valence-corrected chi connectivity index (χ4v) is 4.11. The van der Waals surface area contributed by atoms with Crippen molar-refractivity contribution in [2.45, 2.75) is 18.6 Å². The van der Waals surface area contributed by atoms with Gasteiger partial charge >= 0.3 is 0 Å². The topological polar surface area (TPSA) is 32.3 Å². The van der Waals surface area contributed by atoms with Gasteiger partial charge in [-0.05, 0) is 67.8 Å². The van der Waals surface area contributed by atoms with Crippen LogP contribution in [-0.2, 0) is 5.75 Å². The maximum absolute atomic E-state index is 13.7. The van der Waals surface area contributed by atoms with Gasteiger partial charge in [-0.3, -0.25) is 4.79 Å². The Kier molecular flexibility index (Phi) is 6.74. The second kappa shape index (κ2) is 8.36. The van der Waals surface area contributed by atoms with Gasteiger partial charge in [-0.15, -0.1) is 12.4 Å². The van der Waals surface area contributed by atoms with Gasteiger partial charge in [0.2, 0.25) is 0 Å². The van der Waals surface area contributed by atoms with Crippen LogP contribution in [0.4, 0.5) is 4.39 Å². The lowest BCUT2D eigenvalue weighted by Gasteiger charge is -2.21. The Morgan fingerprint density at radius 2 is 1.96 bits per heavy atom. The average Bonchev–Trinajstić information content (AvgIpc) is 2.88. The zero-order chi connectivity index (χ0) is 15.5. The molecule has 1 N–H and O–H groups in total. The highest BCUT2D eigenvalue weighted by Crippen LogP contribution is 2.28. The van der Waals surface area contributed by atoms with E-state index in [2.05, 4.69) is 5.32 Å². The van der Waals surface area contributed by atoms with Crippen LogP contribution in [0.1, 0.15) is 28.8 Å². The summed E-state index contributed by atoms with van der Waals surface area (Å²) in [6.07, 6.45) is 4.08. The molecule has 2 aliphatic heterocycles. The van der Waals surface area contributed by atoms with E-state index in [1.54, 1.807) is 23.9 Å². The first-order valence-electron chi connectivity index (χ1n) is 7.96. The normalized spacial score (nSPS) is 23.8. The molecule has 0 saturated carbocycles. The van der Waals surface area contributed by atoms with Gasteiger partial charge in [-0.1, -0.05) is 0 Å². The van der Waals surface area contributed by atoms with Crippen molar-refractivity contribution in [3.8, 4) is 0 Å². The van der Waals surface area contributed by atoms with Crippen molar-refractivity contribution in [2.24, 2.45) is 11.8 Å². The lowest BCUT2D eigenvalue weighted by atomic mass is 9.92. The smallest absolute Gasteiger partial charge is 0.253 e. The highest BCUT2D eigenvalue weighted by atomic mass is 35.5. The van der Waals surface area contributed by atoms with E-state index in [1.807, 2.05) is 11.2 Å². The number of thioether (sulfide) groups is 1. The zero-order valence-electron chi connectivity index (χ0n) is 13.4. The lowest BCUT2D eigenvalue weighted by molar-refractivity contribution is 0.0758. The van der Waals surface area contributed by atoms with Crippen LogP contribution in [-0.4, -0.2) is 43.2 Å². The zero-order valence-corrected chi connectivity index (χ0v) is 15.0. The minimum absolute atomic E-state index is 0. The molecule has 2 atom stereocenters. The molecule has 2 aliphatic rings.